The molecule has 0 aromatic carbocycles. The molecule has 0 aliphatic heterocycles. The highest BCUT2D eigenvalue weighted by Gasteiger charge is 2.72. The zero-order chi connectivity index (χ0) is 11.3. The molecule has 0 aromatic heterocycles. The number of carbonyl (C=O) groups is 1. The lowest BCUT2D eigenvalue weighted by atomic mass is 9.99. The molecule has 0 amide bonds. The summed E-state index contributed by atoms with van der Waals surface area (Å²) in [6.07, 6.45) is -0.878. The fourth-order valence-electron chi connectivity index (χ4n) is 1.42. The van der Waals surface area contributed by atoms with Crippen LogP contribution in [0.4, 0.5) is 19.4 Å². The maximum Gasteiger partial charge on any atom is 0.289 e. The first-order valence-electron chi connectivity index (χ1n) is 3.81. The summed E-state index contributed by atoms with van der Waals surface area (Å²) in [6, 6.07) is 0. The lowest BCUT2D eigenvalue weighted by molar-refractivity contribution is -0.119. The molecule has 1 aliphatic carbocycles. The standard InChI is InChI=1S/C6H8BrF5OS/c7-6-4(13)2-1-3-5(6)14(8,9,10,11)12/h5-6H,1-3H2. The van der Waals surface area contributed by atoms with Crippen LogP contribution in [0, 0.1) is 0 Å². The zero-order valence-corrected chi connectivity index (χ0v) is 9.26. The van der Waals surface area contributed by atoms with E-state index in [1.807, 2.05) is 0 Å². The van der Waals surface area contributed by atoms with Crippen molar-refractivity contribution in [1.29, 1.82) is 0 Å². The Morgan fingerprint density at radius 1 is 1.21 bits per heavy atom. The van der Waals surface area contributed by atoms with Crippen molar-refractivity contribution in [2.24, 2.45) is 0 Å². The molecule has 0 aromatic rings. The molecule has 0 bridgehead atoms. The predicted octanol–water partition coefficient (Wildman–Crippen LogP) is 4.17. The maximum atomic E-state index is 12.3. The summed E-state index contributed by atoms with van der Waals surface area (Å²) in [4.78, 5) is 9.09. The molecule has 2 atom stereocenters. The third kappa shape index (κ3) is 2.59. The highest BCUT2D eigenvalue weighted by Crippen LogP contribution is 3.01. The minimum absolute atomic E-state index is 0.0692. The van der Waals surface area contributed by atoms with E-state index < -0.39 is 32.5 Å². The molecular weight excluding hydrogens is 295 g/mol. The number of alkyl halides is 1. The third-order valence-corrected chi connectivity index (χ3v) is 5.27. The van der Waals surface area contributed by atoms with Gasteiger partial charge < -0.3 is 0 Å². The highest BCUT2D eigenvalue weighted by molar-refractivity contribution is 9.10. The average Bonchev–Trinajstić information content (AvgIpc) is 1.89. The van der Waals surface area contributed by atoms with Gasteiger partial charge in [0.25, 0.3) is 10.2 Å². The normalized spacial score (nSPS) is 34.9. The molecule has 0 spiro atoms. The molecule has 1 fully saturated rings. The van der Waals surface area contributed by atoms with Gasteiger partial charge in [-0.2, -0.15) is 0 Å². The first-order valence-corrected chi connectivity index (χ1v) is 6.74. The number of rotatable bonds is 1. The van der Waals surface area contributed by atoms with Crippen LogP contribution in [-0.2, 0) is 4.79 Å². The van der Waals surface area contributed by atoms with Gasteiger partial charge in [-0.15, -0.1) is 0 Å². The van der Waals surface area contributed by atoms with E-state index in [1.54, 1.807) is 0 Å². The van der Waals surface area contributed by atoms with Gasteiger partial charge in [0.2, 0.25) is 0 Å². The van der Waals surface area contributed by atoms with Crippen LogP contribution >= 0.6 is 26.2 Å². The van der Waals surface area contributed by atoms with E-state index in [9.17, 15) is 24.2 Å². The molecule has 1 saturated carbocycles. The number of ketones is 1. The Balaban J connectivity index is 3.05. The second-order valence-corrected chi connectivity index (χ2v) is 6.98. The van der Waals surface area contributed by atoms with Crippen molar-refractivity contribution in [3.05, 3.63) is 0 Å². The van der Waals surface area contributed by atoms with Crippen molar-refractivity contribution >= 4 is 31.9 Å². The monoisotopic (exact) mass is 302 g/mol. The molecule has 0 saturated heterocycles. The molecule has 0 heterocycles. The molecule has 1 nitrogen and oxygen atoms in total. The molecular formula is C6H8BrF5OS. The summed E-state index contributed by atoms with van der Waals surface area (Å²) in [5.74, 6) is -0.797. The van der Waals surface area contributed by atoms with Gasteiger partial charge in [0.1, 0.15) is 11.0 Å². The van der Waals surface area contributed by atoms with E-state index in [4.69, 9.17) is 0 Å². The van der Waals surface area contributed by atoms with Crippen molar-refractivity contribution < 1.29 is 24.2 Å². The Bertz CT molecular complexity index is 272. The molecule has 2 unspecified atom stereocenters. The molecule has 1 aliphatic rings. The van der Waals surface area contributed by atoms with Crippen LogP contribution < -0.4 is 0 Å². The minimum atomic E-state index is -9.53. The number of carbonyl (C=O) groups excluding carboxylic acids is 1. The Morgan fingerprint density at radius 2 is 1.71 bits per heavy atom. The Kier molecular flexibility index (Phi) is 2.30. The second kappa shape index (κ2) is 2.63. The van der Waals surface area contributed by atoms with E-state index in [0.29, 0.717) is 0 Å². The van der Waals surface area contributed by atoms with Gasteiger partial charge in [-0.3, -0.25) is 4.79 Å². The molecule has 1 rings (SSSR count). The van der Waals surface area contributed by atoms with E-state index in [-0.39, 0.29) is 12.8 Å². The predicted molar refractivity (Wildman–Crippen MR) is 48.5 cm³/mol. The van der Waals surface area contributed by atoms with Crippen LogP contribution in [0.15, 0.2) is 0 Å². The third-order valence-electron chi connectivity index (χ3n) is 2.12. The smallest absolute Gasteiger partial charge is 0.289 e. The van der Waals surface area contributed by atoms with Crippen LogP contribution in [0.2, 0.25) is 0 Å². The fraction of sp³-hybridized carbons (Fsp3) is 0.833. The lowest BCUT2D eigenvalue weighted by Crippen LogP contribution is -2.41. The molecule has 0 N–H and O–H groups in total. The Hall–Kier alpha value is 0.150. The number of Topliss-reactive ketones (excluding diaryl/α,β-unsaturated/α-hetero) is 1. The van der Waals surface area contributed by atoms with E-state index in [1.165, 1.54) is 0 Å². The van der Waals surface area contributed by atoms with Gasteiger partial charge >= 0.3 is 0 Å². The molecule has 14 heavy (non-hydrogen) atoms. The van der Waals surface area contributed by atoms with Crippen molar-refractivity contribution in [3.63, 3.8) is 0 Å². The SMILES string of the molecule is O=C1CCCC(S(F)(F)(F)(F)F)C1Br. The van der Waals surface area contributed by atoms with Crippen LogP contribution in [-0.4, -0.2) is 15.9 Å². The number of halogens is 6. The molecule has 8 heteroatoms. The average molecular weight is 303 g/mol. The van der Waals surface area contributed by atoms with E-state index in [2.05, 4.69) is 15.9 Å². The quantitative estimate of drug-likeness (QED) is 0.525. The number of hydrogen-bond donors (Lipinski definition) is 0. The van der Waals surface area contributed by atoms with Gasteiger partial charge in [-0.1, -0.05) is 35.4 Å². The van der Waals surface area contributed by atoms with Crippen molar-refractivity contribution in [1.82, 2.24) is 0 Å². The first kappa shape index (κ1) is 12.2. The topological polar surface area (TPSA) is 17.1 Å². The summed E-state index contributed by atoms with van der Waals surface area (Å²) in [6.45, 7) is 0. The van der Waals surface area contributed by atoms with E-state index in [0.717, 1.165) is 0 Å². The highest BCUT2D eigenvalue weighted by atomic mass is 79.9. The van der Waals surface area contributed by atoms with Crippen LogP contribution in [0.1, 0.15) is 19.3 Å². The van der Waals surface area contributed by atoms with Crippen LogP contribution in [0.25, 0.3) is 0 Å². The number of hydrogen-bond acceptors (Lipinski definition) is 1. The summed E-state index contributed by atoms with van der Waals surface area (Å²) in [5.41, 5.74) is 0. The zero-order valence-electron chi connectivity index (χ0n) is 6.86. The maximum absolute atomic E-state index is 12.3. The lowest BCUT2D eigenvalue weighted by Gasteiger charge is -2.49. The molecule has 0 radical (unpaired) electrons. The summed E-state index contributed by atoms with van der Waals surface area (Å²) >= 11 is 2.41. The molecule has 86 valence electrons. The largest absolute Gasteiger partial charge is 0.298 e. The van der Waals surface area contributed by atoms with Gasteiger partial charge in [-0.25, -0.2) is 0 Å². The minimum Gasteiger partial charge on any atom is -0.298 e. The second-order valence-electron chi connectivity index (χ2n) is 3.33. The van der Waals surface area contributed by atoms with Crippen molar-refractivity contribution in [3.8, 4) is 0 Å². The summed E-state index contributed by atoms with van der Waals surface area (Å²) in [7, 11) is -9.53. The van der Waals surface area contributed by atoms with Gasteiger partial charge in [-0.05, 0) is 12.8 Å². The van der Waals surface area contributed by atoms with E-state index >= 15 is 0 Å². The first-order chi connectivity index (χ1) is 5.91. The van der Waals surface area contributed by atoms with Gasteiger partial charge in [0.05, 0.1) is 4.83 Å². The van der Waals surface area contributed by atoms with Crippen LogP contribution in [0.5, 0.6) is 0 Å². The van der Waals surface area contributed by atoms with Crippen molar-refractivity contribution in [2.75, 3.05) is 0 Å². The fourth-order valence-corrected chi connectivity index (χ4v) is 4.35. The Morgan fingerprint density at radius 3 is 2.07 bits per heavy atom. The van der Waals surface area contributed by atoms with Gasteiger partial charge in [0.15, 0.2) is 0 Å². The van der Waals surface area contributed by atoms with Gasteiger partial charge in [0, 0.05) is 6.42 Å². The Labute approximate surface area is 85.9 Å². The summed E-state index contributed by atoms with van der Waals surface area (Å²) in [5, 5.41) is -2.81. The summed E-state index contributed by atoms with van der Waals surface area (Å²) < 4.78 is 61.7. The van der Waals surface area contributed by atoms with Crippen molar-refractivity contribution in [2.45, 2.75) is 29.3 Å². The van der Waals surface area contributed by atoms with Crippen LogP contribution in [0.3, 0.4) is 0 Å².